The Labute approximate surface area is 150 Å². The molecule has 0 saturated carbocycles. The Kier molecular flexibility index (Phi) is 4.09. The molecule has 0 bridgehead atoms. The summed E-state index contributed by atoms with van der Waals surface area (Å²) in [6, 6.07) is 11.0. The van der Waals surface area contributed by atoms with Crippen LogP contribution in [0, 0.1) is 0 Å². The van der Waals surface area contributed by atoms with Gasteiger partial charge < -0.3 is 10.3 Å². The summed E-state index contributed by atoms with van der Waals surface area (Å²) in [5, 5.41) is 4.19. The minimum Gasteiger partial charge on any atom is -0.333 e. The number of H-pyrrole nitrogens is 1. The molecule has 0 fully saturated rings. The second kappa shape index (κ2) is 6.39. The molecule has 1 amide bonds. The number of carbonyl (C=O) groups excluding carboxylic acids is 1. The summed E-state index contributed by atoms with van der Waals surface area (Å²) in [6.07, 6.45) is 0. The Morgan fingerprint density at radius 2 is 2.17 bits per heavy atom. The van der Waals surface area contributed by atoms with Crippen LogP contribution in [0.1, 0.15) is 0 Å². The number of nitrogens with one attached hydrogen (secondary N) is 2. The molecular formula is C15H10ClN5OS2. The summed E-state index contributed by atoms with van der Waals surface area (Å²) in [6.45, 7) is 0. The molecule has 0 aliphatic heterocycles. The van der Waals surface area contributed by atoms with Gasteiger partial charge in [0.25, 0.3) is 0 Å². The summed E-state index contributed by atoms with van der Waals surface area (Å²) in [7, 11) is 0. The number of imidazole rings is 1. The Hall–Kier alpha value is -2.16. The minimum absolute atomic E-state index is 0.126. The number of amides is 1. The van der Waals surface area contributed by atoms with Gasteiger partial charge in [0.05, 0.1) is 34.2 Å². The normalized spacial score (nSPS) is 11.2. The average molecular weight is 376 g/mol. The summed E-state index contributed by atoms with van der Waals surface area (Å²) in [5.41, 5.74) is 3.83. The van der Waals surface area contributed by atoms with E-state index in [9.17, 15) is 4.79 Å². The number of anilines is 1. The Balaban J connectivity index is 1.45. The smallest absolute Gasteiger partial charge is 0.234 e. The van der Waals surface area contributed by atoms with Crippen molar-refractivity contribution in [1.82, 2.24) is 18.7 Å². The molecule has 0 aliphatic rings. The van der Waals surface area contributed by atoms with E-state index in [0.29, 0.717) is 21.4 Å². The second-order valence-electron chi connectivity index (χ2n) is 4.98. The number of benzene rings is 2. The molecule has 0 unspecified atom stereocenters. The number of thioether (sulfide) groups is 1. The number of rotatable bonds is 4. The zero-order chi connectivity index (χ0) is 16.5. The first-order valence-electron chi connectivity index (χ1n) is 6.98. The fourth-order valence-corrected chi connectivity index (χ4v) is 3.66. The highest BCUT2D eigenvalue weighted by Crippen LogP contribution is 2.24. The number of nitrogens with zero attached hydrogens (tertiary/aromatic N) is 3. The molecule has 2 N–H and O–H groups in total. The maximum Gasteiger partial charge on any atom is 0.234 e. The topological polar surface area (TPSA) is 83.6 Å². The fourth-order valence-electron chi connectivity index (χ4n) is 2.25. The highest BCUT2D eigenvalue weighted by molar-refractivity contribution is 7.99. The lowest BCUT2D eigenvalue weighted by atomic mass is 10.2. The van der Waals surface area contributed by atoms with Crippen LogP contribution in [-0.4, -0.2) is 30.4 Å². The molecule has 4 aromatic rings. The van der Waals surface area contributed by atoms with E-state index in [1.807, 2.05) is 30.3 Å². The van der Waals surface area contributed by atoms with Gasteiger partial charge in [0, 0.05) is 5.02 Å². The van der Waals surface area contributed by atoms with Gasteiger partial charge in [-0.3, -0.25) is 4.79 Å². The summed E-state index contributed by atoms with van der Waals surface area (Å²) in [5.74, 6) is 0.112. The van der Waals surface area contributed by atoms with E-state index in [-0.39, 0.29) is 11.7 Å². The van der Waals surface area contributed by atoms with E-state index < -0.39 is 0 Å². The van der Waals surface area contributed by atoms with Crippen molar-refractivity contribution in [3.8, 4) is 0 Å². The maximum atomic E-state index is 12.2. The van der Waals surface area contributed by atoms with Crippen molar-refractivity contribution in [1.29, 1.82) is 0 Å². The van der Waals surface area contributed by atoms with E-state index >= 15 is 0 Å². The van der Waals surface area contributed by atoms with E-state index in [1.165, 1.54) is 11.8 Å². The lowest BCUT2D eigenvalue weighted by molar-refractivity contribution is -0.113. The van der Waals surface area contributed by atoms with Crippen LogP contribution in [0.2, 0.25) is 5.02 Å². The molecule has 2 heterocycles. The molecule has 0 saturated heterocycles. The van der Waals surface area contributed by atoms with Gasteiger partial charge in [-0.2, -0.15) is 8.75 Å². The summed E-state index contributed by atoms with van der Waals surface area (Å²) >= 11 is 8.41. The van der Waals surface area contributed by atoms with E-state index in [1.54, 1.807) is 6.07 Å². The zero-order valence-corrected chi connectivity index (χ0v) is 14.5. The monoisotopic (exact) mass is 375 g/mol. The Bertz CT molecular complexity index is 1040. The van der Waals surface area contributed by atoms with Gasteiger partial charge in [-0.05, 0) is 30.3 Å². The van der Waals surface area contributed by atoms with E-state index in [4.69, 9.17) is 11.6 Å². The zero-order valence-electron chi connectivity index (χ0n) is 12.1. The van der Waals surface area contributed by atoms with Crippen molar-refractivity contribution in [3.63, 3.8) is 0 Å². The molecule has 9 heteroatoms. The van der Waals surface area contributed by atoms with E-state index in [2.05, 4.69) is 24.0 Å². The van der Waals surface area contributed by atoms with Crippen molar-refractivity contribution in [2.24, 2.45) is 0 Å². The van der Waals surface area contributed by atoms with Crippen LogP contribution in [0.3, 0.4) is 0 Å². The quantitative estimate of drug-likeness (QED) is 0.527. The van der Waals surface area contributed by atoms with E-state index in [0.717, 1.165) is 28.3 Å². The third-order valence-electron chi connectivity index (χ3n) is 3.32. The Morgan fingerprint density at radius 1 is 1.25 bits per heavy atom. The molecular weight excluding hydrogens is 366 g/mol. The Morgan fingerprint density at radius 3 is 3.08 bits per heavy atom. The lowest BCUT2D eigenvalue weighted by Gasteiger charge is -2.04. The standard InChI is InChI=1S/C15H10ClN5OS2/c16-8-4-5-9-12(6-8)19-15(18-9)23-7-13(22)17-10-2-1-3-11-14(10)21-24-20-11/h1-6H,7H2,(H,17,22)(H,18,19). The van der Waals surface area contributed by atoms with Crippen LogP contribution in [0.5, 0.6) is 0 Å². The molecule has 0 radical (unpaired) electrons. The molecule has 4 rings (SSSR count). The van der Waals surface area contributed by atoms with Gasteiger partial charge in [0.2, 0.25) is 5.91 Å². The molecule has 0 aliphatic carbocycles. The van der Waals surface area contributed by atoms with Crippen molar-refractivity contribution in [2.45, 2.75) is 5.16 Å². The number of hydrogen-bond acceptors (Lipinski definition) is 6. The SMILES string of the molecule is O=C(CSc1nc2ccc(Cl)cc2[nH]1)Nc1cccc2nsnc12. The lowest BCUT2D eigenvalue weighted by Crippen LogP contribution is -2.14. The first-order valence-corrected chi connectivity index (χ1v) is 9.07. The number of hydrogen-bond donors (Lipinski definition) is 2. The maximum absolute atomic E-state index is 12.2. The molecule has 6 nitrogen and oxygen atoms in total. The van der Waals surface area contributed by atoms with Crippen LogP contribution in [0.15, 0.2) is 41.6 Å². The summed E-state index contributed by atoms with van der Waals surface area (Å²) < 4.78 is 8.36. The van der Waals surface area contributed by atoms with Crippen LogP contribution in [0.25, 0.3) is 22.1 Å². The third-order valence-corrected chi connectivity index (χ3v) is 4.97. The number of aromatic amines is 1. The third kappa shape index (κ3) is 3.08. The minimum atomic E-state index is -0.126. The van der Waals surface area contributed by atoms with Gasteiger partial charge in [-0.25, -0.2) is 4.98 Å². The predicted molar refractivity (Wildman–Crippen MR) is 97.9 cm³/mol. The molecule has 2 aromatic carbocycles. The van der Waals surface area contributed by atoms with Crippen molar-refractivity contribution >= 4 is 68.8 Å². The van der Waals surface area contributed by atoms with Gasteiger partial charge in [-0.15, -0.1) is 0 Å². The van der Waals surface area contributed by atoms with Gasteiger partial charge in [0.1, 0.15) is 11.0 Å². The van der Waals surface area contributed by atoms with Crippen molar-refractivity contribution in [3.05, 3.63) is 41.4 Å². The predicted octanol–water partition coefficient (Wildman–Crippen LogP) is 3.95. The highest BCUT2D eigenvalue weighted by atomic mass is 35.5. The number of aromatic nitrogens is 4. The van der Waals surface area contributed by atoms with Gasteiger partial charge in [-0.1, -0.05) is 29.4 Å². The van der Waals surface area contributed by atoms with Crippen LogP contribution in [0.4, 0.5) is 5.69 Å². The average Bonchev–Trinajstić information content (AvgIpc) is 3.19. The second-order valence-corrected chi connectivity index (χ2v) is 6.91. The molecule has 120 valence electrons. The largest absolute Gasteiger partial charge is 0.333 e. The fraction of sp³-hybridized carbons (Fsp3) is 0.0667. The van der Waals surface area contributed by atoms with Crippen LogP contribution < -0.4 is 5.32 Å². The van der Waals surface area contributed by atoms with Gasteiger partial charge in [0.15, 0.2) is 5.16 Å². The molecule has 24 heavy (non-hydrogen) atoms. The first kappa shape index (κ1) is 15.4. The number of halogens is 1. The number of carbonyl (C=O) groups is 1. The molecule has 0 atom stereocenters. The molecule has 0 spiro atoms. The van der Waals surface area contributed by atoms with Gasteiger partial charge >= 0.3 is 0 Å². The highest BCUT2D eigenvalue weighted by Gasteiger charge is 2.10. The first-order chi connectivity index (χ1) is 11.7. The van der Waals surface area contributed by atoms with Crippen LogP contribution >= 0.6 is 35.1 Å². The number of fused-ring (bicyclic) bond motifs is 2. The molecule has 2 aromatic heterocycles. The van der Waals surface area contributed by atoms with Crippen LogP contribution in [-0.2, 0) is 4.79 Å². The van der Waals surface area contributed by atoms with Crippen molar-refractivity contribution in [2.75, 3.05) is 11.1 Å². The summed E-state index contributed by atoms with van der Waals surface area (Å²) in [4.78, 5) is 19.8. The van der Waals surface area contributed by atoms with Crippen molar-refractivity contribution < 1.29 is 4.79 Å².